The second kappa shape index (κ2) is 10.4. The van der Waals surface area contributed by atoms with Crippen LogP contribution in [0.3, 0.4) is 0 Å². The van der Waals surface area contributed by atoms with Crippen LogP contribution < -0.4 is 4.74 Å². The van der Waals surface area contributed by atoms with E-state index in [1.165, 1.54) is 30.0 Å². The number of likely N-dealkylation sites (N-methyl/N-ethyl adjacent to an activating group) is 1. The topological polar surface area (TPSA) is 79.2 Å². The van der Waals surface area contributed by atoms with E-state index in [0.29, 0.717) is 33.6 Å². The maximum Gasteiger partial charge on any atom is 0.335 e. The number of carboxylic acids is 1. The monoisotopic (exact) mass is 476 g/mol. The first-order valence-electron chi connectivity index (χ1n) is 10.5. The molecule has 3 aromatic carbocycles. The molecule has 1 amide bonds. The van der Waals surface area contributed by atoms with Crippen molar-refractivity contribution in [2.45, 2.75) is 13.5 Å². The van der Waals surface area contributed by atoms with Gasteiger partial charge < -0.3 is 9.84 Å². The van der Waals surface area contributed by atoms with Crippen molar-refractivity contribution < 1.29 is 23.8 Å². The summed E-state index contributed by atoms with van der Waals surface area (Å²) in [4.78, 5) is 30.7. The first-order valence-corrected chi connectivity index (χ1v) is 11.4. The van der Waals surface area contributed by atoms with Gasteiger partial charge in [0.2, 0.25) is 0 Å². The zero-order valence-electron chi connectivity index (χ0n) is 18.3. The molecule has 1 aliphatic rings. The zero-order chi connectivity index (χ0) is 24.1. The lowest BCUT2D eigenvalue weighted by Gasteiger charge is -2.12. The molecule has 172 valence electrons. The third-order valence-electron chi connectivity index (χ3n) is 5.05. The molecular weight excluding hydrogens is 455 g/mol. The van der Waals surface area contributed by atoms with E-state index in [2.05, 4.69) is 4.99 Å². The number of amides is 1. The fraction of sp³-hybridized carbons (Fsp3) is 0.115. The molecule has 34 heavy (non-hydrogen) atoms. The average molecular weight is 477 g/mol. The van der Waals surface area contributed by atoms with Crippen molar-refractivity contribution in [2.75, 3.05) is 6.54 Å². The summed E-state index contributed by atoms with van der Waals surface area (Å²) in [6.07, 6.45) is 1.77. The minimum absolute atomic E-state index is 0.121. The van der Waals surface area contributed by atoms with Crippen LogP contribution in [0.2, 0.25) is 0 Å². The van der Waals surface area contributed by atoms with Crippen molar-refractivity contribution in [2.24, 2.45) is 4.99 Å². The summed E-state index contributed by atoms with van der Waals surface area (Å²) in [5, 5.41) is 9.68. The maximum atomic E-state index is 13.7. The van der Waals surface area contributed by atoms with E-state index < -0.39 is 5.97 Å². The van der Waals surface area contributed by atoms with Crippen molar-refractivity contribution in [3.8, 4) is 5.75 Å². The highest BCUT2D eigenvalue weighted by atomic mass is 32.2. The van der Waals surface area contributed by atoms with Crippen LogP contribution in [0.25, 0.3) is 6.08 Å². The summed E-state index contributed by atoms with van der Waals surface area (Å²) in [5.41, 5.74) is 1.87. The first kappa shape index (κ1) is 23.3. The molecule has 3 aromatic rings. The van der Waals surface area contributed by atoms with Crippen molar-refractivity contribution >= 4 is 40.6 Å². The van der Waals surface area contributed by atoms with Gasteiger partial charge in [-0.05, 0) is 66.7 Å². The molecule has 1 N–H and O–H groups in total. The number of amidine groups is 1. The van der Waals surface area contributed by atoms with E-state index in [-0.39, 0.29) is 23.9 Å². The number of benzene rings is 3. The molecule has 1 aliphatic heterocycles. The van der Waals surface area contributed by atoms with Crippen molar-refractivity contribution in [1.82, 2.24) is 4.90 Å². The van der Waals surface area contributed by atoms with Crippen LogP contribution in [0.15, 0.2) is 82.7 Å². The molecule has 0 saturated carbocycles. The first-order chi connectivity index (χ1) is 16.4. The van der Waals surface area contributed by atoms with Gasteiger partial charge in [-0.15, -0.1) is 0 Å². The minimum Gasteiger partial charge on any atom is -0.489 e. The number of thioether (sulfide) groups is 1. The van der Waals surface area contributed by atoms with Gasteiger partial charge in [-0.3, -0.25) is 9.69 Å². The number of carboxylic acid groups (broad SMARTS) is 1. The Morgan fingerprint density at radius 1 is 1.12 bits per heavy atom. The standard InChI is InChI=1S/C26H21FN2O4S/c1-2-29-24(30)23(34-26(29)28-20-8-5-7-18(15-20)25(31)32)14-17-10-12-21(13-11-17)33-16-19-6-3-4-9-22(19)27/h3-15H,2,16H2,1H3,(H,31,32). The van der Waals surface area contributed by atoms with Gasteiger partial charge in [-0.2, -0.15) is 0 Å². The van der Waals surface area contributed by atoms with Crippen molar-refractivity contribution in [1.29, 1.82) is 0 Å². The number of halogens is 1. The number of hydrogen-bond donors (Lipinski definition) is 1. The number of carbonyl (C=O) groups is 2. The number of nitrogens with zero attached hydrogens (tertiary/aromatic N) is 2. The second-order valence-corrected chi connectivity index (χ2v) is 8.37. The molecular formula is C26H21FN2O4S. The van der Waals surface area contributed by atoms with Crippen LogP contribution >= 0.6 is 11.8 Å². The van der Waals surface area contributed by atoms with Gasteiger partial charge in [0.1, 0.15) is 18.2 Å². The largest absolute Gasteiger partial charge is 0.489 e. The van der Waals surface area contributed by atoms with Crippen LogP contribution in [-0.4, -0.2) is 33.6 Å². The number of carbonyl (C=O) groups excluding carboxylic acids is 1. The Labute approximate surface area is 200 Å². The van der Waals surface area contributed by atoms with E-state index >= 15 is 0 Å². The number of ether oxygens (including phenoxy) is 1. The van der Waals surface area contributed by atoms with Crippen LogP contribution in [0.5, 0.6) is 5.75 Å². The molecule has 0 aromatic heterocycles. The van der Waals surface area contributed by atoms with Gasteiger partial charge in [0, 0.05) is 12.1 Å². The van der Waals surface area contributed by atoms with Gasteiger partial charge in [-0.1, -0.05) is 36.4 Å². The highest BCUT2D eigenvalue weighted by molar-refractivity contribution is 8.18. The van der Waals surface area contributed by atoms with Crippen molar-refractivity contribution in [3.63, 3.8) is 0 Å². The Balaban J connectivity index is 1.49. The lowest BCUT2D eigenvalue weighted by atomic mass is 10.2. The molecule has 0 atom stereocenters. The molecule has 0 unspecified atom stereocenters. The molecule has 1 fully saturated rings. The third kappa shape index (κ3) is 5.35. The maximum absolute atomic E-state index is 13.7. The Hall–Kier alpha value is -3.91. The SMILES string of the molecule is CCN1C(=O)C(=Cc2ccc(OCc3ccccc3F)cc2)SC1=Nc1cccc(C(=O)O)c1. The van der Waals surface area contributed by atoms with Crippen LogP contribution in [0, 0.1) is 5.82 Å². The number of aliphatic imine (C=N–C) groups is 1. The smallest absolute Gasteiger partial charge is 0.335 e. The predicted molar refractivity (Wildman–Crippen MR) is 131 cm³/mol. The summed E-state index contributed by atoms with van der Waals surface area (Å²) in [6.45, 7) is 2.41. The van der Waals surface area contributed by atoms with Gasteiger partial charge >= 0.3 is 5.97 Å². The van der Waals surface area contributed by atoms with E-state index in [4.69, 9.17) is 4.74 Å². The van der Waals surface area contributed by atoms with E-state index in [9.17, 15) is 19.1 Å². The average Bonchev–Trinajstić information content (AvgIpc) is 3.13. The molecule has 0 radical (unpaired) electrons. The third-order valence-corrected chi connectivity index (χ3v) is 6.06. The highest BCUT2D eigenvalue weighted by Gasteiger charge is 2.32. The summed E-state index contributed by atoms with van der Waals surface area (Å²) in [7, 11) is 0. The summed E-state index contributed by atoms with van der Waals surface area (Å²) in [6, 6.07) is 19.9. The summed E-state index contributed by atoms with van der Waals surface area (Å²) in [5.74, 6) is -0.924. The van der Waals surface area contributed by atoms with Gasteiger partial charge in [0.05, 0.1) is 16.2 Å². The number of aromatic carboxylic acids is 1. The quantitative estimate of drug-likeness (QED) is 0.441. The molecule has 4 rings (SSSR count). The molecule has 8 heteroatoms. The lowest BCUT2D eigenvalue weighted by Crippen LogP contribution is -2.28. The summed E-state index contributed by atoms with van der Waals surface area (Å²) < 4.78 is 19.4. The highest BCUT2D eigenvalue weighted by Crippen LogP contribution is 2.34. The van der Waals surface area contributed by atoms with Crippen LogP contribution in [-0.2, 0) is 11.4 Å². The van der Waals surface area contributed by atoms with Gasteiger partial charge in [0.15, 0.2) is 5.17 Å². The van der Waals surface area contributed by atoms with Gasteiger partial charge in [-0.25, -0.2) is 14.2 Å². The van der Waals surface area contributed by atoms with Crippen molar-refractivity contribution in [3.05, 3.63) is 100 Å². The molecule has 0 aliphatic carbocycles. The molecule has 1 heterocycles. The predicted octanol–water partition coefficient (Wildman–Crippen LogP) is 5.73. The Bertz CT molecular complexity index is 1290. The Kier molecular flexibility index (Phi) is 7.08. The number of rotatable bonds is 7. The fourth-order valence-electron chi connectivity index (χ4n) is 3.28. The zero-order valence-corrected chi connectivity index (χ0v) is 19.1. The minimum atomic E-state index is -1.04. The van der Waals surface area contributed by atoms with E-state index in [0.717, 1.165) is 5.56 Å². The molecule has 0 bridgehead atoms. The molecule has 6 nitrogen and oxygen atoms in total. The van der Waals surface area contributed by atoms with Crippen LogP contribution in [0.1, 0.15) is 28.4 Å². The van der Waals surface area contributed by atoms with E-state index in [1.54, 1.807) is 53.4 Å². The summed E-state index contributed by atoms with van der Waals surface area (Å²) >= 11 is 1.24. The van der Waals surface area contributed by atoms with Gasteiger partial charge in [0.25, 0.3) is 5.91 Å². The normalized spacial score (nSPS) is 15.8. The number of hydrogen-bond acceptors (Lipinski definition) is 5. The molecule has 0 spiro atoms. The lowest BCUT2D eigenvalue weighted by molar-refractivity contribution is -0.122. The molecule has 1 saturated heterocycles. The second-order valence-electron chi connectivity index (χ2n) is 7.36. The Morgan fingerprint density at radius 2 is 1.88 bits per heavy atom. The van der Waals surface area contributed by atoms with Crippen LogP contribution in [0.4, 0.5) is 10.1 Å². The van der Waals surface area contributed by atoms with E-state index in [1.807, 2.05) is 19.1 Å². The fourth-order valence-corrected chi connectivity index (χ4v) is 4.34. The Morgan fingerprint density at radius 3 is 2.59 bits per heavy atom.